The van der Waals surface area contributed by atoms with Crippen LogP contribution in [0.3, 0.4) is 0 Å². The number of rotatable bonds is 5. The van der Waals surface area contributed by atoms with Crippen molar-refractivity contribution in [2.24, 2.45) is 0 Å². The van der Waals surface area contributed by atoms with Crippen LogP contribution in [0.2, 0.25) is 0 Å². The molecule has 4 rings (SSSR count). The number of thiophene rings is 1. The molecule has 1 N–H and O–H groups in total. The first-order valence-corrected chi connectivity index (χ1v) is 10.3. The van der Waals surface area contributed by atoms with Gasteiger partial charge in [-0.1, -0.05) is 18.2 Å². The molecule has 0 atom stereocenters. The molecule has 3 heterocycles. The molecule has 8 heteroatoms. The zero-order valence-corrected chi connectivity index (χ0v) is 17.6. The molecule has 30 heavy (non-hydrogen) atoms. The van der Waals surface area contributed by atoms with Gasteiger partial charge in [0.2, 0.25) is 5.78 Å². The number of ketones is 1. The molecule has 0 spiro atoms. The van der Waals surface area contributed by atoms with Crippen LogP contribution in [0.4, 0.5) is 10.5 Å². The highest BCUT2D eigenvalue weighted by Gasteiger charge is 2.22. The van der Waals surface area contributed by atoms with Crippen LogP contribution < -0.4 is 5.32 Å². The van der Waals surface area contributed by atoms with Gasteiger partial charge in [-0.25, -0.2) is 14.3 Å². The van der Waals surface area contributed by atoms with E-state index in [1.54, 1.807) is 43.6 Å². The smallest absolute Gasteiger partial charge is 0.411 e. The molecule has 3 aromatic heterocycles. The van der Waals surface area contributed by atoms with Crippen LogP contribution in [-0.4, -0.2) is 32.6 Å². The van der Waals surface area contributed by atoms with Crippen LogP contribution in [0.5, 0.6) is 0 Å². The fourth-order valence-corrected chi connectivity index (χ4v) is 3.85. The van der Waals surface area contributed by atoms with Crippen molar-refractivity contribution >= 4 is 34.5 Å². The van der Waals surface area contributed by atoms with Crippen molar-refractivity contribution < 1.29 is 14.3 Å². The number of anilines is 1. The van der Waals surface area contributed by atoms with E-state index < -0.39 is 6.09 Å². The lowest BCUT2D eigenvalue weighted by Crippen LogP contribution is -2.17. The first kappa shape index (κ1) is 19.8. The average molecular weight is 420 g/mol. The molecule has 0 fully saturated rings. The van der Waals surface area contributed by atoms with Gasteiger partial charge in [-0.2, -0.15) is 5.10 Å². The van der Waals surface area contributed by atoms with Crippen molar-refractivity contribution in [1.82, 2.24) is 14.6 Å². The number of hydrogen-bond donors (Lipinski definition) is 1. The first-order chi connectivity index (χ1) is 14.4. The van der Waals surface area contributed by atoms with Crippen LogP contribution in [0.15, 0.2) is 54.0 Å². The summed E-state index contributed by atoms with van der Waals surface area (Å²) >= 11 is 1.39. The fraction of sp³-hybridized carbons (Fsp3) is 0.182. The maximum Gasteiger partial charge on any atom is 0.411 e. The van der Waals surface area contributed by atoms with Crippen LogP contribution in [-0.2, 0) is 4.74 Å². The third kappa shape index (κ3) is 3.81. The third-order valence-electron chi connectivity index (χ3n) is 4.41. The molecule has 0 aliphatic rings. The normalized spacial score (nSPS) is 11.1. The Morgan fingerprint density at radius 3 is 2.73 bits per heavy atom. The van der Waals surface area contributed by atoms with Gasteiger partial charge in [0.15, 0.2) is 5.65 Å². The number of aryl methyl sites for hydroxylation is 1. The lowest BCUT2D eigenvalue weighted by molar-refractivity contribution is 0.104. The number of nitrogens with zero attached hydrogens (tertiary/aromatic N) is 3. The van der Waals surface area contributed by atoms with Crippen molar-refractivity contribution in [3.8, 4) is 11.3 Å². The Morgan fingerprint density at radius 2 is 2.00 bits per heavy atom. The molecule has 0 aliphatic carbocycles. The SMILES string of the molecule is Cc1nn2c(-c3cccc(NC(=O)OC(C)C)c3)ccnc2c1C(=O)c1cccs1. The maximum absolute atomic E-state index is 13.0. The van der Waals surface area contributed by atoms with E-state index in [1.165, 1.54) is 11.3 Å². The molecule has 4 aromatic rings. The van der Waals surface area contributed by atoms with Gasteiger partial charge in [-0.15, -0.1) is 11.3 Å². The summed E-state index contributed by atoms with van der Waals surface area (Å²) < 4.78 is 6.81. The summed E-state index contributed by atoms with van der Waals surface area (Å²) in [6.07, 6.45) is 0.935. The van der Waals surface area contributed by atoms with Crippen LogP contribution >= 0.6 is 11.3 Å². The largest absolute Gasteiger partial charge is 0.447 e. The molecule has 7 nitrogen and oxygen atoms in total. The highest BCUT2D eigenvalue weighted by molar-refractivity contribution is 7.12. The minimum absolute atomic E-state index is 0.0889. The molecule has 0 saturated carbocycles. The van der Waals surface area contributed by atoms with Gasteiger partial charge in [-0.05, 0) is 50.4 Å². The van der Waals surface area contributed by atoms with Crippen molar-refractivity contribution in [1.29, 1.82) is 0 Å². The van der Waals surface area contributed by atoms with E-state index >= 15 is 0 Å². The highest BCUT2D eigenvalue weighted by Crippen LogP contribution is 2.27. The predicted octanol–water partition coefficient (Wildman–Crippen LogP) is 4.95. The van der Waals surface area contributed by atoms with Gasteiger partial charge in [0.1, 0.15) is 0 Å². The number of aromatic nitrogens is 3. The van der Waals surface area contributed by atoms with E-state index in [1.807, 2.05) is 35.7 Å². The number of nitrogens with one attached hydrogen (secondary N) is 1. The number of fused-ring (bicyclic) bond motifs is 1. The Hall–Kier alpha value is -3.52. The molecule has 0 bridgehead atoms. The Labute approximate surface area is 177 Å². The molecular weight excluding hydrogens is 400 g/mol. The quantitative estimate of drug-likeness (QED) is 0.462. The monoisotopic (exact) mass is 420 g/mol. The number of ether oxygens (including phenoxy) is 1. The Bertz CT molecular complexity index is 1230. The molecule has 0 aliphatic heterocycles. The number of benzene rings is 1. The fourth-order valence-electron chi connectivity index (χ4n) is 3.18. The maximum atomic E-state index is 13.0. The summed E-state index contributed by atoms with van der Waals surface area (Å²) in [6, 6.07) is 12.8. The van der Waals surface area contributed by atoms with Gasteiger partial charge >= 0.3 is 6.09 Å². The predicted molar refractivity (Wildman–Crippen MR) is 116 cm³/mol. The molecule has 1 amide bonds. The number of carbonyl (C=O) groups excluding carboxylic acids is 2. The van der Waals surface area contributed by atoms with Crippen molar-refractivity contribution in [3.05, 3.63) is 70.2 Å². The van der Waals surface area contributed by atoms with Gasteiger partial charge in [0.25, 0.3) is 0 Å². The van der Waals surface area contributed by atoms with Gasteiger partial charge < -0.3 is 4.74 Å². The van der Waals surface area contributed by atoms with Gasteiger partial charge in [0.05, 0.1) is 27.9 Å². The van der Waals surface area contributed by atoms with Gasteiger partial charge in [-0.3, -0.25) is 10.1 Å². The molecule has 0 unspecified atom stereocenters. The van der Waals surface area contributed by atoms with E-state index in [9.17, 15) is 9.59 Å². The topological polar surface area (TPSA) is 85.6 Å². The number of hydrogen-bond acceptors (Lipinski definition) is 6. The number of carbonyl (C=O) groups is 2. The first-order valence-electron chi connectivity index (χ1n) is 9.44. The van der Waals surface area contributed by atoms with E-state index in [0.29, 0.717) is 27.5 Å². The molecule has 0 saturated heterocycles. The lowest BCUT2D eigenvalue weighted by atomic mass is 10.1. The average Bonchev–Trinajstić information content (AvgIpc) is 3.34. The summed E-state index contributed by atoms with van der Waals surface area (Å²) in [5.41, 5.74) is 3.79. The Balaban J connectivity index is 1.74. The lowest BCUT2D eigenvalue weighted by Gasteiger charge is -2.11. The van der Waals surface area contributed by atoms with Crippen LogP contribution in [0.25, 0.3) is 16.9 Å². The molecular formula is C22H20N4O3S. The Kier molecular flexibility index (Phi) is 5.33. The zero-order valence-electron chi connectivity index (χ0n) is 16.7. The molecule has 1 aromatic carbocycles. The minimum Gasteiger partial charge on any atom is -0.447 e. The summed E-state index contributed by atoms with van der Waals surface area (Å²) in [5.74, 6) is -0.0889. The summed E-state index contributed by atoms with van der Waals surface area (Å²) in [4.78, 5) is 30.0. The summed E-state index contributed by atoms with van der Waals surface area (Å²) in [6.45, 7) is 5.39. The second-order valence-corrected chi connectivity index (χ2v) is 7.94. The standard InChI is InChI=1S/C22H20N4O3S/c1-13(2)29-22(28)24-16-7-4-6-15(12-16)17-9-10-23-21-19(14(3)25-26(17)21)20(27)18-8-5-11-30-18/h4-13H,1-3H3,(H,24,28). The van der Waals surface area contributed by atoms with Gasteiger partial charge in [0, 0.05) is 17.4 Å². The van der Waals surface area contributed by atoms with Crippen molar-refractivity contribution in [3.63, 3.8) is 0 Å². The van der Waals surface area contributed by atoms with Crippen LogP contribution in [0, 0.1) is 6.92 Å². The van der Waals surface area contributed by atoms with E-state index in [4.69, 9.17) is 4.74 Å². The zero-order chi connectivity index (χ0) is 21.3. The second kappa shape index (κ2) is 8.08. The summed E-state index contributed by atoms with van der Waals surface area (Å²) in [7, 11) is 0. The van der Waals surface area contributed by atoms with E-state index in [2.05, 4.69) is 15.4 Å². The van der Waals surface area contributed by atoms with E-state index in [-0.39, 0.29) is 11.9 Å². The van der Waals surface area contributed by atoms with E-state index in [0.717, 1.165) is 11.3 Å². The second-order valence-electron chi connectivity index (χ2n) is 6.99. The van der Waals surface area contributed by atoms with Crippen LogP contribution in [0.1, 0.15) is 34.8 Å². The summed E-state index contributed by atoms with van der Waals surface area (Å²) in [5, 5.41) is 9.17. The van der Waals surface area contributed by atoms with Crippen molar-refractivity contribution in [2.45, 2.75) is 26.9 Å². The highest BCUT2D eigenvalue weighted by atomic mass is 32.1. The Morgan fingerprint density at radius 1 is 1.17 bits per heavy atom. The van der Waals surface area contributed by atoms with Crippen molar-refractivity contribution in [2.75, 3.05) is 5.32 Å². The third-order valence-corrected chi connectivity index (χ3v) is 5.28. The molecule has 152 valence electrons. The number of amides is 1. The minimum atomic E-state index is -0.513. The molecule has 0 radical (unpaired) electrons.